The number of carbonyl (C=O) groups is 1. The molecule has 20 heavy (non-hydrogen) atoms. The molecule has 0 atom stereocenters. The van der Waals surface area contributed by atoms with Crippen LogP contribution in [0.15, 0.2) is 48.5 Å². The van der Waals surface area contributed by atoms with Crippen molar-refractivity contribution in [3.05, 3.63) is 59.7 Å². The summed E-state index contributed by atoms with van der Waals surface area (Å²) in [5, 5.41) is 0. The van der Waals surface area contributed by atoms with E-state index in [1.807, 2.05) is 55.5 Å². The Hall–Kier alpha value is -2.29. The van der Waals surface area contributed by atoms with E-state index in [4.69, 9.17) is 9.47 Å². The minimum absolute atomic E-state index is 0.00711. The van der Waals surface area contributed by atoms with Crippen molar-refractivity contribution in [2.75, 3.05) is 13.2 Å². The van der Waals surface area contributed by atoms with Crippen LogP contribution in [0.3, 0.4) is 0 Å². The van der Waals surface area contributed by atoms with Gasteiger partial charge in [-0.1, -0.05) is 29.8 Å². The zero-order valence-corrected chi connectivity index (χ0v) is 11.8. The van der Waals surface area contributed by atoms with Crippen LogP contribution in [0.4, 0.5) is 0 Å². The molecule has 2 aromatic rings. The van der Waals surface area contributed by atoms with Crippen molar-refractivity contribution in [3.8, 4) is 11.5 Å². The van der Waals surface area contributed by atoms with Gasteiger partial charge in [-0.3, -0.25) is 4.79 Å². The molecule has 0 radical (unpaired) electrons. The summed E-state index contributed by atoms with van der Waals surface area (Å²) in [5.74, 6) is 1.43. The van der Waals surface area contributed by atoms with Crippen molar-refractivity contribution >= 4 is 5.78 Å². The van der Waals surface area contributed by atoms with Gasteiger partial charge in [0.25, 0.3) is 0 Å². The summed E-state index contributed by atoms with van der Waals surface area (Å²) in [4.78, 5) is 11.6. The molecule has 0 aliphatic rings. The molecule has 0 heterocycles. The molecule has 3 nitrogen and oxygen atoms in total. The number of aryl methyl sites for hydroxylation is 1. The van der Waals surface area contributed by atoms with E-state index in [1.54, 1.807) is 6.92 Å². The van der Waals surface area contributed by atoms with E-state index in [1.165, 1.54) is 0 Å². The summed E-state index contributed by atoms with van der Waals surface area (Å²) in [6.45, 7) is 4.34. The normalized spacial score (nSPS) is 10.1. The smallest absolute Gasteiger partial charge is 0.163 e. The van der Waals surface area contributed by atoms with E-state index < -0.39 is 0 Å². The predicted octanol–water partition coefficient (Wildman–Crippen LogP) is 3.66. The maximum absolute atomic E-state index is 11.6. The average molecular weight is 270 g/mol. The number of rotatable bonds is 6. The van der Waals surface area contributed by atoms with Crippen molar-refractivity contribution < 1.29 is 14.3 Å². The highest BCUT2D eigenvalue weighted by Gasteiger charge is 2.08. The van der Waals surface area contributed by atoms with Gasteiger partial charge in [0, 0.05) is 0 Å². The molecule has 2 aromatic carbocycles. The van der Waals surface area contributed by atoms with Crippen LogP contribution in [0.1, 0.15) is 22.8 Å². The molecular weight excluding hydrogens is 252 g/mol. The summed E-state index contributed by atoms with van der Waals surface area (Å²) >= 11 is 0. The predicted molar refractivity (Wildman–Crippen MR) is 78.6 cm³/mol. The number of para-hydroxylation sites is 1. The first-order valence-corrected chi connectivity index (χ1v) is 6.59. The second-order valence-corrected chi connectivity index (χ2v) is 4.57. The van der Waals surface area contributed by atoms with Crippen LogP contribution >= 0.6 is 0 Å². The maximum atomic E-state index is 11.6. The molecule has 0 saturated carbocycles. The lowest BCUT2D eigenvalue weighted by atomic mass is 10.1. The maximum Gasteiger partial charge on any atom is 0.163 e. The first kappa shape index (κ1) is 14.1. The number of carbonyl (C=O) groups excluding carboxylic acids is 1. The van der Waals surface area contributed by atoms with Crippen LogP contribution in [0.2, 0.25) is 0 Å². The van der Waals surface area contributed by atoms with Gasteiger partial charge >= 0.3 is 0 Å². The van der Waals surface area contributed by atoms with Gasteiger partial charge in [0.05, 0.1) is 5.56 Å². The molecule has 0 amide bonds. The third-order valence-corrected chi connectivity index (χ3v) is 2.87. The Bertz CT molecular complexity index is 576. The second-order valence-electron chi connectivity index (χ2n) is 4.57. The molecule has 0 N–H and O–H groups in total. The van der Waals surface area contributed by atoms with Crippen molar-refractivity contribution in [1.29, 1.82) is 0 Å². The summed E-state index contributed by atoms with van der Waals surface area (Å²) in [6.07, 6.45) is 0. The first-order valence-electron chi connectivity index (χ1n) is 6.59. The van der Waals surface area contributed by atoms with Crippen molar-refractivity contribution in [3.63, 3.8) is 0 Å². The number of hydrogen-bond donors (Lipinski definition) is 0. The molecule has 0 fully saturated rings. The van der Waals surface area contributed by atoms with Gasteiger partial charge in [-0.2, -0.15) is 0 Å². The largest absolute Gasteiger partial charge is 0.490 e. The monoisotopic (exact) mass is 270 g/mol. The van der Waals surface area contributed by atoms with Crippen LogP contribution in [0, 0.1) is 6.92 Å². The van der Waals surface area contributed by atoms with Gasteiger partial charge in [0.15, 0.2) is 5.78 Å². The molecule has 2 rings (SSSR count). The molecule has 0 saturated heterocycles. The fraction of sp³-hybridized carbons (Fsp3) is 0.235. The molecule has 0 unspecified atom stereocenters. The van der Waals surface area contributed by atoms with E-state index in [-0.39, 0.29) is 5.78 Å². The molecule has 0 aliphatic carbocycles. The van der Waals surface area contributed by atoms with Gasteiger partial charge < -0.3 is 9.47 Å². The Labute approximate surface area is 119 Å². The van der Waals surface area contributed by atoms with Gasteiger partial charge in [0.2, 0.25) is 0 Å². The second kappa shape index (κ2) is 6.75. The quantitative estimate of drug-likeness (QED) is 0.593. The van der Waals surface area contributed by atoms with Crippen LogP contribution in [-0.4, -0.2) is 19.0 Å². The highest BCUT2D eigenvalue weighted by molar-refractivity contribution is 5.97. The molecule has 0 spiro atoms. The zero-order chi connectivity index (χ0) is 14.4. The fourth-order valence-electron chi connectivity index (χ4n) is 1.87. The molecular formula is C17H18O3. The van der Waals surface area contributed by atoms with Crippen LogP contribution in [0.25, 0.3) is 0 Å². The van der Waals surface area contributed by atoms with Crippen LogP contribution in [-0.2, 0) is 0 Å². The number of ether oxygens (including phenoxy) is 2. The molecule has 0 bridgehead atoms. The van der Waals surface area contributed by atoms with Crippen molar-refractivity contribution in [1.82, 2.24) is 0 Å². The van der Waals surface area contributed by atoms with E-state index in [2.05, 4.69) is 0 Å². The lowest BCUT2D eigenvalue weighted by Crippen LogP contribution is -2.10. The average Bonchev–Trinajstić information content (AvgIpc) is 2.45. The summed E-state index contributed by atoms with van der Waals surface area (Å²) in [7, 11) is 0. The SMILES string of the molecule is CC(=O)c1cc(C)ccc1OCCOc1ccccc1. The molecule has 0 aliphatic heterocycles. The summed E-state index contributed by atoms with van der Waals surface area (Å²) in [6, 6.07) is 15.2. The van der Waals surface area contributed by atoms with Gasteiger partial charge in [-0.25, -0.2) is 0 Å². The lowest BCUT2D eigenvalue weighted by molar-refractivity contribution is 0.101. The summed E-state index contributed by atoms with van der Waals surface area (Å²) < 4.78 is 11.2. The number of Topliss-reactive ketones (excluding diaryl/α,β-unsaturated/α-hetero) is 1. The Morgan fingerprint density at radius 3 is 2.40 bits per heavy atom. The highest BCUT2D eigenvalue weighted by Crippen LogP contribution is 2.20. The number of hydrogen-bond acceptors (Lipinski definition) is 3. The minimum atomic E-state index is 0.00711. The number of ketones is 1. The fourth-order valence-corrected chi connectivity index (χ4v) is 1.87. The lowest BCUT2D eigenvalue weighted by Gasteiger charge is -2.11. The minimum Gasteiger partial charge on any atom is -0.490 e. The standard InChI is InChI=1S/C17H18O3/c1-13-8-9-17(16(12-13)14(2)18)20-11-10-19-15-6-4-3-5-7-15/h3-9,12H,10-11H2,1-2H3. The Morgan fingerprint density at radius 1 is 1.00 bits per heavy atom. The van der Waals surface area contributed by atoms with Gasteiger partial charge in [-0.15, -0.1) is 0 Å². The highest BCUT2D eigenvalue weighted by atomic mass is 16.5. The molecule has 0 aromatic heterocycles. The third kappa shape index (κ3) is 3.85. The number of benzene rings is 2. The van der Waals surface area contributed by atoms with E-state index in [0.717, 1.165) is 11.3 Å². The zero-order valence-electron chi connectivity index (χ0n) is 11.8. The summed E-state index contributed by atoms with van der Waals surface area (Å²) in [5.41, 5.74) is 1.66. The van der Waals surface area contributed by atoms with Crippen LogP contribution in [0.5, 0.6) is 11.5 Å². The first-order chi connectivity index (χ1) is 9.66. The topological polar surface area (TPSA) is 35.5 Å². The van der Waals surface area contributed by atoms with E-state index >= 15 is 0 Å². The van der Waals surface area contributed by atoms with E-state index in [9.17, 15) is 4.79 Å². The van der Waals surface area contributed by atoms with Gasteiger partial charge in [-0.05, 0) is 38.1 Å². The van der Waals surface area contributed by atoms with Crippen LogP contribution < -0.4 is 9.47 Å². The Kier molecular flexibility index (Phi) is 4.77. The van der Waals surface area contributed by atoms with Crippen molar-refractivity contribution in [2.45, 2.75) is 13.8 Å². The van der Waals surface area contributed by atoms with E-state index in [0.29, 0.717) is 24.5 Å². The van der Waals surface area contributed by atoms with Gasteiger partial charge in [0.1, 0.15) is 24.7 Å². The Morgan fingerprint density at radius 2 is 1.70 bits per heavy atom. The molecule has 104 valence electrons. The third-order valence-electron chi connectivity index (χ3n) is 2.87. The van der Waals surface area contributed by atoms with Crippen molar-refractivity contribution in [2.24, 2.45) is 0 Å². The molecule has 3 heteroatoms. The Balaban J connectivity index is 1.90.